The van der Waals surface area contributed by atoms with Gasteiger partial charge in [0, 0.05) is 19.8 Å². The van der Waals surface area contributed by atoms with E-state index in [-0.39, 0.29) is 0 Å². The number of anilines is 1. The Bertz CT molecular complexity index is 578. The predicted molar refractivity (Wildman–Crippen MR) is 103 cm³/mol. The molecule has 0 unspecified atom stereocenters. The first kappa shape index (κ1) is 17.4. The van der Waals surface area contributed by atoms with Gasteiger partial charge in [0.1, 0.15) is 0 Å². The molecule has 0 heterocycles. The Balaban J connectivity index is 2.50. The minimum Gasteiger partial charge on any atom is -0.377 e. The van der Waals surface area contributed by atoms with Crippen LogP contribution in [0, 0.1) is 0 Å². The molecular weight excluding hydrogens is 281 g/mol. The molecule has 0 N–H and O–H groups in total. The fraction of sp³-hybridized carbons (Fsp3) is 0.500. The fourth-order valence-corrected chi connectivity index (χ4v) is 7.24. The molecule has 0 bridgehead atoms. The van der Waals surface area contributed by atoms with Crippen LogP contribution >= 0.6 is 0 Å². The van der Waals surface area contributed by atoms with E-state index in [1.807, 2.05) is 0 Å². The quantitative estimate of drug-likeness (QED) is 0.605. The highest BCUT2D eigenvalue weighted by Gasteiger charge is 2.22. The van der Waals surface area contributed by atoms with Crippen LogP contribution in [0.2, 0.25) is 10.6 Å². The number of nitrogens with zero attached hydrogens (tertiary/aromatic N) is 1. The van der Waals surface area contributed by atoms with Gasteiger partial charge in [0.2, 0.25) is 0 Å². The maximum Gasteiger partial charge on any atom is 0.306 e. The van der Waals surface area contributed by atoms with E-state index in [1.54, 1.807) is 4.43 Å². The zero-order valence-electron chi connectivity index (χ0n) is 14.7. The van der Waals surface area contributed by atoms with Crippen LogP contribution in [0.15, 0.2) is 36.4 Å². The maximum atomic E-state index is 2.43. The lowest BCUT2D eigenvalue weighted by Gasteiger charge is -2.21. The Kier molecular flexibility index (Phi) is 6.80. The largest absolute Gasteiger partial charge is 0.377 e. The molecule has 2 rings (SSSR count). The first-order valence-electron chi connectivity index (χ1n) is 8.88. The van der Waals surface area contributed by atoms with Crippen molar-refractivity contribution in [3.8, 4) is 0 Å². The predicted octanol–water partition coefficient (Wildman–Crippen LogP) is 5.21. The van der Waals surface area contributed by atoms with Crippen molar-refractivity contribution in [2.24, 2.45) is 0 Å². The van der Waals surface area contributed by atoms with E-state index in [1.165, 1.54) is 52.7 Å². The molecule has 0 aliphatic carbocycles. The summed E-state index contributed by atoms with van der Waals surface area (Å²) >= 11 is -0.874. The molecule has 118 valence electrons. The van der Waals surface area contributed by atoms with Crippen molar-refractivity contribution in [3.05, 3.63) is 36.4 Å². The standard InChI is InChI=1S/C12H12N.2C4H9.Al/c1-13(2)12-9-5-7-10-6-3-4-8-11(10)12;2*1-3-4-2;/h3-7,9H,1-2H3;2*1,3-4H2,2H3;. The number of benzene rings is 2. The van der Waals surface area contributed by atoms with Crippen molar-refractivity contribution in [1.29, 1.82) is 0 Å². The SMILES string of the molecule is CCC[CH2][Al]([CH2]CCC)[c]1cccc2cccc(N(C)C)c12. The molecule has 0 saturated carbocycles. The van der Waals surface area contributed by atoms with Gasteiger partial charge in [-0.1, -0.05) is 80.4 Å². The van der Waals surface area contributed by atoms with Crippen LogP contribution in [-0.4, -0.2) is 28.2 Å². The van der Waals surface area contributed by atoms with E-state index >= 15 is 0 Å². The van der Waals surface area contributed by atoms with Gasteiger partial charge in [0.25, 0.3) is 0 Å². The van der Waals surface area contributed by atoms with E-state index in [0.717, 1.165) is 0 Å². The van der Waals surface area contributed by atoms with E-state index < -0.39 is 14.1 Å². The highest BCUT2D eigenvalue weighted by atomic mass is 27.2. The summed E-state index contributed by atoms with van der Waals surface area (Å²) < 4.78 is 1.70. The van der Waals surface area contributed by atoms with Crippen LogP contribution in [0.5, 0.6) is 0 Å². The van der Waals surface area contributed by atoms with Gasteiger partial charge in [-0.2, -0.15) is 0 Å². The van der Waals surface area contributed by atoms with Crippen LogP contribution in [0.4, 0.5) is 5.69 Å². The Labute approximate surface area is 140 Å². The Morgan fingerprint density at radius 1 is 0.864 bits per heavy atom. The highest BCUT2D eigenvalue weighted by Crippen LogP contribution is 2.26. The second-order valence-electron chi connectivity index (χ2n) is 6.60. The van der Waals surface area contributed by atoms with Crippen molar-refractivity contribution >= 4 is 35.0 Å². The lowest BCUT2D eigenvalue weighted by atomic mass is 10.1. The van der Waals surface area contributed by atoms with Crippen molar-refractivity contribution in [1.82, 2.24) is 0 Å². The van der Waals surface area contributed by atoms with Crippen LogP contribution < -0.4 is 9.33 Å². The van der Waals surface area contributed by atoms with E-state index in [4.69, 9.17) is 0 Å². The van der Waals surface area contributed by atoms with Gasteiger partial charge >= 0.3 is 14.1 Å². The molecule has 0 fully saturated rings. The molecule has 2 aromatic carbocycles. The molecule has 1 nitrogen and oxygen atoms in total. The van der Waals surface area contributed by atoms with Gasteiger partial charge in [-0.25, -0.2) is 0 Å². The smallest absolute Gasteiger partial charge is 0.306 e. The molecule has 2 heteroatoms. The summed E-state index contributed by atoms with van der Waals surface area (Å²) in [4.78, 5) is 2.27. The third-order valence-electron chi connectivity index (χ3n) is 4.65. The normalized spacial score (nSPS) is 10.9. The van der Waals surface area contributed by atoms with Crippen molar-refractivity contribution in [3.63, 3.8) is 0 Å². The molecule has 0 aliphatic heterocycles. The number of fused-ring (bicyclic) bond motifs is 1. The van der Waals surface area contributed by atoms with Crippen LogP contribution in [0.3, 0.4) is 0 Å². The third kappa shape index (κ3) is 4.06. The lowest BCUT2D eigenvalue weighted by Crippen LogP contribution is -2.31. The molecule has 0 aromatic heterocycles. The zero-order valence-corrected chi connectivity index (χ0v) is 15.9. The van der Waals surface area contributed by atoms with Gasteiger partial charge in [-0.15, -0.1) is 4.43 Å². The molecule has 0 saturated heterocycles. The monoisotopic (exact) mass is 311 g/mol. The van der Waals surface area contributed by atoms with E-state index in [9.17, 15) is 0 Å². The molecule has 22 heavy (non-hydrogen) atoms. The van der Waals surface area contributed by atoms with Crippen molar-refractivity contribution in [2.75, 3.05) is 19.0 Å². The van der Waals surface area contributed by atoms with Gasteiger partial charge in [0.05, 0.1) is 0 Å². The van der Waals surface area contributed by atoms with Gasteiger partial charge in [-0.3, -0.25) is 0 Å². The average Bonchev–Trinajstić information content (AvgIpc) is 2.54. The first-order valence-corrected chi connectivity index (χ1v) is 11.1. The van der Waals surface area contributed by atoms with Crippen LogP contribution in [-0.2, 0) is 0 Å². The summed E-state index contributed by atoms with van der Waals surface area (Å²) in [5.74, 6) is 0. The van der Waals surface area contributed by atoms with E-state index in [0.29, 0.717) is 0 Å². The fourth-order valence-electron chi connectivity index (χ4n) is 3.42. The molecular formula is C20H30AlN. The van der Waals surface area contributed by atoms with Crippen molar-refractivity contribution < 1.29 is 0 Å². The lowest BCUT2D eigenvalue weighted by molar-refractivity contribution is 0.845. The second-order valence-corrected chi connectivity index (χ2v) is 9.77. The summed E-state index contributed by atoms with van der Waals surface area (Å²) in [6, 6.07) is 13.7. The number of hydrogen-bond acceptors (Lipinski definition) is 1. The molecule has 0 aliphatic rings. The summed E-state index contributed by atoms with van der Waals surface area (Å²) in [7, 11) is 4.33. The third-order valence-corrected chi connectivity index (χ3v) is 8.22. The summed E-state index contributed by atoms with van der Waals surface area (Å²) in [5.41, 5.74) is 1.39. The summed E-state index contributed by atoms with van der Waals surface area (Å²) in [6.07, 6.45) is 5.42. The van der Waals surface area contributed by atoms with Crippen LogP contribution in [0.1, 0.15) is 39.5 Å². The zero-order chi connectivity index (χ0) is 15.9. The van der Waals surface area contributed by atoms with Crippen LogP contribution in [0.25, 0.3) is 10.8 Å². The second kappa shape index (κ2) is 8.61. The van der Waals surface area contributed by atoms with Crippen molar-refractivity contribution in [2.45, 2.75) is 50.1 Å². The number of unbranched alkanes of at least 4 members (excludes halogenated alkanes) is 2. The maximum absolute atomic E-state index is 2.43. The molecule has 0 amide bonds. The van der Waals surface area contributed by atoms with E-state index in [2.05, 4.69) is 69.2 Å². The number of rotatable bonds is 8. The Morgan fingerprint density at radius 3 is 2.00 bits per heavy atom. The molecule has 2 aromatic rings. The highest BCUT2D eigenvalue weighted by molar-refractivity contribution is 6.75. The van der Waals surface area contributed by atoms with Gasteiger partial charge < -0.3 is 4.90 Å². The molecule has 0 atom stereocenters. The average molecular weight is 311 g/mol. The molecule has 0 radical (unpaired) electrons. The Hall–Kier alpha value is -0.968. The first-order chi connectivity index (χ1) is 10.7. The molecule has 0 spiro atoms. The minimum atomic E-state index is -0.874. The van der Waals surface area contributed by atoms with Gasteiger partial charge in [0.15, 0.2) is 0 Å². The number of hydrogen-bond donors (Lipinski definition) is 0. The Morgan fingerprint density at radius 2 is 1.45 bits per heavy atom. The summed E-state index contributed by atoms with van der Waals surface area (Å²) in [6.45, 7) is 4.64. The minimum absolute atomic E-state index is 0.874. The summed E-state index contributed by atoms with van der Waals surface area (Å²) in [5, 5.41) is 5.85. The van der Waals surface area contributed by atoms with Gasteiger partial charge in [-0.05, 0) is 16.8 Å². The topological polar surface area (TPSA) is 3.24 Å².